The summed E-state index contributed by atoms with van der Waals surface area (Å²) in [5.74, 6) is 0. The van der Waals surface area contributed by atoms with Gasteiger partial charge in [-0.05, 0) is 68.9 Å². The van der Waals surface area contributed by atoms with Crippen molar-refractivity contribution in [3.8, 4) is 55.9 Å². The Balaban J connectivity index is 1.08. The maximum absolute atomic E-state index is 5.35. The Kier molecular flexibility index (Phi) is 5.67. The molecule has 11 rings (SSSR count). The first-order valence-corrected chi connectivity index (χ1v) is 17.0. The highest BCUT2D eigenvalue weighted by atomic mass is 14.8. The number of hydrogen-bond acceptors (Lipinski definition) is 3. The molecular formula is C47H27N3. The van der Waals surface area contributed by atoms with Crippen molar-refractivity contribution in [1.29, 1.82) is 0 Å². The molecule has 0 N–H and O–H groups in total. The van der Waals surface area contributed by atoms with E-state index in [0.717, 1.165) is 71.7 Å². The van der Waals surface area contributed by atoms with Crippen LogP contribution in [0.3, 0.4) is 0 Å². The molecule has 230 valence electrons. The largest absolute Gasteiger partial charge is 0.248 e. The van der Waals surface area contributed by atoms with Crippen LogP contribution < -0.4 is 0 Å². The minimum Gasteiger partial charge on any atom is -0.248 e. The van der Waals surface area contributed by atoms with Crippen molar-refractivity contribution in [1.82, 2.24) is 15.0 Å². The molecule has 0 saturated heterocycles. The predicted octanol–water partition coefficient (Wildman–Crippen LogP) is 12.3. The van der Waals surface area contributed by atoms with Gasteiger partial charge in [0.1, 0.15) is 0 Å². The third-order valence-electron chi connectivity index (χ3n) is 10.4. The van der Waals surface area contributed by atoms with E-state index in [0.29, 0.717) is 0 Å². The fraction of sp³-hybridized carbons (Fsp3) is 0. The van der Waals surface area contributed by atoms with Crippen LogP contribution >= 0.6 is 0 Å². The predicted molar refractivity (Wildman–Crippen MR) is 208 cm³/mol. The van der Waals surface area contributed by atoms with E-state index in [2.05, 4.69) is 164 Å². The molecule has 0 spiro atoms. The number of hydrogen-bond donors (Lipinski definition) is 0. The van der Waals surface area contributed by atoms with Crippen LogP contribution in [0.1, 0.15) is 0 Å². The zero-order chi connectivity index (χ0) is 32.8. The van der Waals surface area contributed by atoms with Gasteiger partial charge < -0.3 is 0 Å². The molecule has 0 amide bonds. The third kappa shape index (κ3) is 3.95. The van der Waals surface area contributed by atoms with Gasteiger partial charge >= 0.3 is 0 Å². The number of benzene rings is 7. The summed E-state index contributed by atoms with van der Waals surface area (Å²) in [7, 11) is 0. The lowest BCUT2D eigenvalue weighted by molar-refractivity contribution is 1.37. The first-order chi connectivity index (χ1) is 24.8. The summed E-state index contributed by atoms with van der Waals surface area (Å²) in [6.07, 6.45) is 0. The van der Waals surface area contributed by atoms with E-state index in [9.17, 15) is 0 Å². The molecule has 3 aromatic heterocycles. The molecule has 0 atom stereocenters. The van der Waals surface area contributed by atoms with Crippen molar-refractivity contribution in [3.05, 3.63) is 164 Å². The van der Waals surface area contributed by atoms with Crippen molar-refractivity contribution in [2.75, 3.05) is 0 Å². The fourth-order valence-corrected chi connectivity index (χ4v) is 8.10. The highest BCUT2D eigenvalue weighted by Crippen LogP contribution is 2.49. The standard InChI is InChI=1S/C47H27N3/c1-2-12-33-32(11-1)35-15-8-16-36-34(23-24-37(33)45(35)36)43-26-22-29-20-19-28-21-25-40(49-46(28)47(29)50-43)30-9-7-10-31(27-30)44-38-13-3-5-17-41(38)48-42-18-6-4-14-39(42)44/h1-27H. The van der Waals surface area contributed by atoms with E-state index in [1.807, 2.05) is 0 Å². The van der Waals surface area contributed by atoms with Gasteiger partial charge in [-0.25, -0.2) is 15.0 Å². The van der Waals surface area contributed by atoms with Crippen LogP contribution in [0.2, 0.25) is 0 Å². The van der Waals surface area contributed by atoms with Crippen molar-refractivity contribution in [3.63, 3.8) is 0 Å². The SMILES string of the molecule is c1cc(-c2ccc3ccc4ccc(-c5ccc6c7c(cccc57)-c5ccccc5-6)nc4c3n2)cc(-c2c3ccccc3nc3ccccc23)c1. The molecule has 3 heterocycles. The molecule has 10 aromatic rings. The first-order valence-electron chi connectivity index (χ1n) is 17.0. The molecule has 1 aliphatic carbocycles. The molecule has 7 aromatic carbocycles. The van der Waals surface area contributed by atoms with E-state index in [4.69, 9.17) is 15.0 Å². The Morgan fingerprint density at radius 3 is 1.58 bits per heavy atom. The first kappa shape index (κ1) is 27.3. The number of rotatable bonds is 3. The van der Waals surface area contributed by atoms with E-state index in [1.165, 1.54) is 38.6 Å². The van der Waals surface area contributed by atoms with Crippen LogP contribution in [0.25, 0.3) is 110 Å². The lowest BCUT2D eigenvalue weighted by Crippen LogP contribution is -1.92. The lowest BCUT2D eigenvalue weighted by Gasteiger charge is -2.13. The highest BCUT2D eigenvalue weighted by molar-refractivity contribution is 6.19. The quantitative estimate of drug-likeness (QED) is 0.144. The van der Waals surface area contributed by atoms with E-state index in [1.54, 1.807) is 0 Å². The van der Waals surface area contributed by atoms with Gasteiger partial charge in [0.05, 0.1) is 33.5 Å². The Hall–Kier alpha value is -6.71. The molecule has 0 saturated carbocycles. The van der Waals surface area contributed by atoms with Gasteiger partial charge in [0.2, 0.25) is 0 Å². The molecule has 0 unspecified atom stereocenters. The fourth-order valence-electron chi connectivity index (χ4n) is 8.10. The maximum Gasteiger partial charge on any atom is 0.0972 e. The maximum atomic E-state index is 5.35. The number of nitrogens with zero attached hydrogens (tertiary/aromatic N) is 3. The minimum atomic E-state index is 0.908. The summed E-state index contributed by atoms with van der Waals surface area (Å²) in [4.78, 5) is 15.6. The number of pyridine rings is 3. The van der Waals surface area contributed by atoms with Crippen LogP contribution in [-0.4, -0.2) is 15.0 Å². The third-order valence-corrected chi connectivity index (χ3v) is 10.4. The monoisotopic (exact) mass is 633 g/mol. The summed E-state index contributed by atoms with van der Waals surface area (Å²) < 4.78 is 0. The van der Waals surface area contributed by atoms with Crippen LogP contribution in [0.15, 0.2) is 164 Å². The van der Waals surface area contributed by atoms with Crippen LogP contribution in [0, 0.1) is 0 Å². The van der Waals surface area contributed by atoms with Gasteiger partial charge in [-0.1, -0.05) is 133 Å². The molecule has 0 radical (unpaired) electrons. The van der Waals surface area contributed by atoms with Crippen molar-refractivity contribution >= 4 is 54.4 Å². The second-order valence-electron chi connectivity index (χ2n) is 13.1. The van der Waals surface area contributed by atoms with E-state index < -0.39 is 0 Å². The van der Waals surface area contributed by atoms with E-state index >= 15 is 0 Å². The Bertz CT molecular complexity index is 2970. The van der Waals surface area contributed by atoms with Gasteiger partial charge in [-0.2, -0.15) is 0 Å². The van der Waals surface area contributed by atoms with Gasteiger partial charge in [0.15, 0.2) is 0 Å². The van der Waals surface area contributed by atoms with Crippen molar-refractivity contribution in [2.45, 2.75) is 0 Å². The van der Waals surface area contributed by atoms with Crippen LogP contribution in [0.4, 0.5) is 0 Å². The molecule has 0 bridgehead atoms. The Labute approximate surface area is 288 Å². The topological polar surface area (TPSA) is 38.7 Å². The average molecular weight is 634 g/mol. The second kappa shape index (κ2) is 10.4. The summed E-state index contributed by atoms with van der Waals surface area (Å²) >= 11 is 0. The molecule has 1 aliphatic rings. The molecule has 0 aliphatic heterocycles. The van der Waals surface area contributed by atoms with Gasteiger partial charge in [-0.3, -0.25) is 0 Å². The summed E-state index contributed by atoms with van der Waals surface area (Å²) in [5.41, 5.74) is 15.4. The summed E-state index contributed by atoms with van der Waals surface area (Å²) in [6.45, 7) is 0. The highest BCUT2D eigenvalue weighted by Gasteiger charge is 2.22. The molecule has 3 nitrogen and oxygen atoms in total. The smallest absolute Gasteiger partial charge is 0.0972 e. The summed E-state index contributed by atoms with van der Waals surface area (Å²) in [6, 6.07) is 58.3. The Morgan fingerprint density at radius 2 is 0.840 bits per heavy atom. The molecule has 50 heavy (non-hydrogen) atoms. The zero-order valence-electron chi connectivity index (χ0n) is 26.9. The normalized spacial score (nSPS) is 12.0. The molecule has 3 heteroatoms. The number of aromatic nitrogens is 3. The van der Waals surface area contributed by atoms with Crippen LogP contribution in [-0.2, 0) is 0 Å². The van der Waals surface area contributed by atoms with Crippen molar-refractivity contribution in [2.24, 2.45) is 0 Å². The summed E-state index contributed by atoms with van der Waals surface area (Å²) in [5, 5.41) is 6.97. The lowest BCUT2D eigenvalue weighted by atomic mass is 9.94. The minimum absolute atomic E-state index is 0.908. The van der Waals surface area contributed by atoms with E-state index in [-0.39, 0.29) is 0 Å². The number of para-hydroxylation sites is 2. The molecular weight excluding hydrogens is 607 g/mol. The zero-order valence-corrected chi connectivity index (χ0v) is 26.9. The van der Waals surface area contributed by atoms with Crippen LogP contribution in [0.5, 0.6) is 0 Å². The molecule has 0 fully saturated rings. The average Bonchev–Trinajstić information content (AvgIpc) is 3.51. The van der Waals surface area contributed by atoms with Crippen molar-refractivity contribution < 1.29 is 0 Å². The van der Waals surface area contributed by atoms with Gasteiger partial charge in [0, 0.05) is 38.2 Å². The second-order valence-corrected chi connectivity index (χ2v) is 13.1. The number of fused-ring (bicyclic) bond motifs is 8. The Morgan fingerprint density at radius 1 is 0.320 bits per heavy atom. The van der Waals surface area contributed by atoms with Gasteiger partial charge in [-0.15, -0.1) is 0 Å². The van der Waals surface area contributed by atoms with Gasteiger partial charge in [0.25, 0.3) is 0 Å².